The lowest BCUT2D eigenvalue weighted by Gasteiger charge is -2.04. The summed E-state index contributed by atoms with van der Waals surface area (Å²) < 4.78 is 1.09. The first-order chi connectivity index (χ1) is 6.27. The van der Waals surface area contributed by atoms with Gasteiger partial charge in [-0.05, 0) is 28.1 Å². The van der Waals surface area contributed by atoms with Gasteiger partial charge in [-0.2, -0.15) is 0 Å². The summed E-state index contributed by atoms with van der Waals surface area (Å²) >= 11 is 5.02. The second-order valence-corrected chi connectivity index (χ2v) is 5.09. The molecule has 0 amide bonds. The molecule has 0 bridgehead atoms. The summed E-state index contributed by atoms with van der Waals surface area (Å²) in [6.45, 7) is 0. The standard InChI is InChI=1S/C8H8BrN3S/c9-6-2-1-5(13-6)7(10)8-11-3-4-12-8/h1-4,7H,10H2,(H,11,12). The SMILES string of the molecule is NC(c1ncc[nH]1)c1ccc(Br)s1. The highest BCUT2D eigenvalue weighted by molar-refractivity contribution is 9.11. The number of aromatic nitrogens is 2. The van der Waals surface area contributed by atoms with Crippen molar-refractivity contribution >= 4 is 27.3 Å². The van der Waals surface area contributed by atoms with Gasteiger partial charge in [0.2, 0.25) is 0 Å². The van der Waals surface area contributed by atoms with Crippen LogP contribution < -0.4 is 5.73 Å². The molecule has 0 aliphatic rings. The van der Waals surface area contributed by atoms with Gasteiger partial charge in [-0.15, -0.1) is 11.3 Å². The summed E-state index contributed by atoms with van der Waals surface area (Å²) in [7, 11) is 0. The summed E-state index contributed by atoms with van der Waals surface area (Å²) in [6.07, 6.45) is 3.48. The number of nitrogens with zero attached hydrogens (tertiary/aromatic N) is 1. The fourth-order valence-electron chi connectivity index (χ4n) is 1.08. The van der Waals surface area contributed by atoms with Gasteiger partial charge in [0.25, 0.3) is 0 Å². The lowest BCUT2D eigenvalue weighted by molar-refractivity contribution is 0.817. The van der Waals surface area contributed by atoms with E-state index in [0.717, 1.165) is 14.5 Å². The van der Waals surface area contributed by atoms with Crippen LogP contribution in [-0.2, 0) is 0 Å². The van der Waals surface area contributed by atoms with Crippen molar-refractivity contribution in [1.82, 2.24) is 9.97 Å². The zero-order chi connectivity index (χ0) is 9.26. The molecule has 0 aliphatic carbocycles. The van der Waals surface area contributed by atoms with E-state index in [2.05, 4.69) is 25.9 Å². The molecule has 5 heteroatoms. The van der Waals surface area contributed by atoms with E-state index in [9.17, 15) is 0 Å². The molecule has 1 atom stereocenters. The van der Waals surface area contributed by atoms with Crippen LogP contribution in [0.3, 0.4) is 0 Å². The zero-order valence-electron chi connectivity index (χ0n) is 6.70. The molecule has 0 aliphatic heterocycles. The number of aromatic amines is 1. The minimum atomic E-state index is -0.147. The fraction of sp³-hybridized carbons (Fsp3) is 0.125. The van der Waals surface area contributed by atoms with E-state index in [1.54, 1.807) is 23.7 Å². The minimum absolute atomic E-state index is 0.147. The predicted octanol–water partition coefficient (Wildman–Crippen LogP) is 2.28. The number of nitrogens with two attached hydrogens (primary N) is 1. The van der Waals surface area contributed by atoms with Crippen LogP contribution in [-0.4, -0.2) is 9.97 Å². The molecule has 3 N–H and O–H groups in total. The maximum absolute atomic E-state index is 5.97. The molecule has 2 rings (SSSR count). The van der Waals surface area contributed by atoms with Gasteiger partial charge in [0.1, 0.15) is 5.82 Å². The Morgan fingerprint density at radius 1 is 1.54 bits per heavy atom. The van der Waals surface area contributed by atoms with E-state index < -0.39 is 0 Å². The highest BCUT2D eigenvalue weighted by atomic mass is 79.9. The Morgan fingerprint density at radius 2 is 2.38 bits per heavy atom. The third-order valence-electron chi connectivity index (χ3n) is 1.71. The van der Waals surface area contributed by atoms with Gasteiger partial charge in [0.15, 0.2) is 0 Å². The molecule has 0 saturated carbocycles. The number of thiophene rings is 1. The Hall–Kier alpha value is -0.650. The van der Waals surface area contributed by atoms with Gasteiger partial charge in [-0.25, -0.2) is 4.98 Å². The van der Waals surface area contributed by atoms with Gasteiger partial charge in [0.05, 0.1) is 9.83 Å². The Morgan fingerprint density at radius 3 is 2.92 bits per heavy atom. The van der Waals surface area contributed by atoms with Gasteiger partial charge < -0.3 is 10.7 Å². The molecule has 0 spiro atoms. The minimum Gasteiger partial charge on any atom is -0.347 e. The third-order valence-corrected chi connectivity index (χ3v) is 3.42. The third kappa shape index (κ3) is 1.82. The Bertz CT molecular complexity index is 382. The smallest absolute Gasteiger partial charge is 0.128 e. The predicted molar refractivity (Wildman–Crippen MR) is 56.6 cm³/mol. The van der Waals surface area contributed by atoms with Crippen LogP contribution in [0.25, 0.3) is 0 Å². The van der Waals surface area contributed by atoms with Crippen LogP contribution in [0.2, 0.25) is 0 Å². The molecule has 2 aromatic heterocycles. The fourth-order valence-corrected chi connectivity index (χ4v) is 2.51. The number of hydrogen-bond acceptors (Lipinski definition) is 3. The van der Waals surface area contributed by atoms with Gasteiger partial charge in [-0.3, -0.25) is 0 Å². The van der Waals surface area contributed by atoms with Crippen molar-refractivity contribution in [2.24, 2.45) is 5.73 Å². The highest BCUT2D eigenvalue weighted by Gasteiger charge is 2.12. The van der Waals surface area contributed by atoms with Crippen LogP contribution >= 0.6 is 27.3 Å². The van der Waals surface area contributed by atoms with Crippen LogP contribution in [0.4, 0.5) is 0 Å². The van der Waals surface area contributed by atoms with E-state index in [-0.39, 0.29) is 6.04 Å². The van der Waals surface area contributed by atoms with E-state index in [0.29, 0.717) is 0 Å². The van der Waals surface area contributed by atoms with Crippen molar-refractivity contribution in [1.29, 1.82) is 0 Å². The van der Waals surface area contributed by atoms with Gasteiger partial charge in [0, 0.05) is 17.3 Å². The first-order valence-electron chi connectivity index (χ1n) is 3.77. The summed E-state index contributed by atoms with van der Waals surface area (Å²) in [5, 5.41) is 0. The number of halogens is 1. The number of H-pyrrole nitrogens is 1. The number of imidazole rings is 1. The van der Waals surface area contributed by atoms with Crippen molar-refractivity contribution < 1.29 is 0 Å². The molecule has 0 fully saturated rings. The number of rotatable bonds is 2. The van der Waals surface area contributed by atoms with Crippen molar-refractivity contribution in [2.75, 3.05) is 0 Å². The molecule has 68 valence electrons. The highest BCUT2D eigenvalue weighted by Crippen LogP contribution is 2.28. The normalized spacial score (nSPS) is 13.1. The van der Waals surface area contributed by atoms with E-state index in [4.69, 9.17) is 5.73 Å². The van der Waals surface area contributed by atoms with Crippen molar-refractivity contribution in [3.63, 3.8) is 0 Å². The van der Waals surface area contributed by atoms with E-state index >= 15 is 0 Å². The summed E-state index contributed by atoms with van der Waals surface area (Å²) in [5.41, 5.74) is 5.97. The molecular weight excluding hydrogens is 250 g/mol. The molecule has 2 heterocycles. The van der Waals surface area contributed by atoms with E-state index in [1.807, 2.05) is 12.1 Å². The maximum atomic E-state index is 5.97. The van der Waals surface area contributed by atoms with Crippen molar-refractivity contribution in [3.8, 4) is 0 Å². The summed E-state index contributed by atoms with van der Waals surface area (Å²) in [5.74, 6) is 0.800. The lowest BCUT2D eigenvalue weighted by Crippen LogP contribution is -2.11. The summed E-state index contributed by atoms with van der Waals surface area (Å²) in [6, 6.07) is 3.84. The Balaban J connectivity index is 2.28. The lowest BCUT2D eigenvalue weighted by atomic mass is 10.2. The average molecular weight is 258 g/mol. The molecular formula is C8H8BrN3S. The second kappa shape index (κ2) is 3.61. The molecule has 3 nitrogen and oxygen atoms in total. The molecule has 0 radical (unpaired) electrons. The van der Waals surface area contributed by atoms with Gasteiger partial charge in [-0.1, -0.05) is 0 Å². The molecule has 0 aromatic carbocycles. The largest absolute Gasteiger partial charge is 0.347 e. The zero-order valence-corrected chi connectivity index (χ0v) is 9.10. The quantitative estimate of drug-likeness (QED) is 0.868. The molecule has 2 aromatic rings. The maximum Gasteiger partial charge on any atom is 0.128 e. The van der Waals surface area contributed by atoms with Crippen LogP contribution in [0.5, 0.6) is 0 Å². The number of nitrogens with one attached hydrogen (secondary N) is 1. The van der Waals surface area contributed by atoms with Crippen LogP contribution in [0.15, 0.2) is 28.3 Å². The van der Waals surface area contributed by atoms with Crippen molar-refractivity contribution in [3.05, 3.63) is 39.0 Å². The number of hydrogen-bond donors (Lipinski definition) is 2. The average Bonchev–Trinajstić information content (AvgIpc) is 2.72. The molecule has 0 saturated heterocycles. The van der Waals surface area contributed by atoms with Crippen LogP contribution in [0, 0.1) is 0 Å². The Labute approximate surface area is 88.1 Å². The Kier molecular flexibility index (Phi) is 2.48. The van der Waals surface area contributed by atoms with Crippen LogP contribution in [0.1, 0.15) is 16.7 Å². The molecule has 1 unspecified atom stereocenters. The monoisotopic (exact) mass is 257 g/mol. The molecule has 13 heavy (non-hydrogen) atoms. The first kappa shape index (κ1) is 8.93. The first-order valence-corrected chi connectivity index (χ1v) is 5.38. The summed E-state index contributed by atoms with van der Waals surface area (Å²) in [4.78, 5) is 8.21. The van der Waals surface area contributed by atoms with E-state index in [1.165, 1.54) is 0 Å². The topological polar surface area (TPSA) is 54.7 Å². The van der Waals surface area contributed by atoms with Crippen molar-refractivity contribution in [2.45, 2.75) is 6.04 Å². The second-order valence-electron chi connectivity index (χ2n) is 2.59. The van der Waals surface area contributed by atoms with Gasteiger partial charge >= 0.3 is 0 Å².